The average Bonchev–Trinajstić information content (AvgIpc) is 3.10. The van der Waals surface area contributed by atoms with Crippen molar-refractivity contribution in [1.82, 2.24) is 0 Å². The number of aliphatic hydroxyl groups excluding tert-OH is 2. The molecule has 0 bridgehead atoms. The quantitative estimate of drug-likeness (QED) is 0.617. The van der Waals surface area contributed by atoms with Crippen LogP contribution in [0, 0.1) is 6.92 Å². The van der Waals surface area contributed by atoms with Crippen LogP contribution in [0.5, 0.6) is 0 Å². The summed E-state index contributed by atoms with van der Waals surface area (Å²) < 4.78 is 11.8. The number of aliphatic hydroxyl groups is 2. The van der Waals surface area contributed by atoms with E-state index in [-0.39, 0.29) is 12.4 Å². The molecule has 0 radical (unpaired) electrons. The molecule has 3 rings (SSSR count). The second kappa shape index (κ2) is 7.03. The third-order valence-electron chi connectivity index (χ3n) is 3.93. The van der Waals surface area contributed by atoms with Crippen molar-refractivity contribution in [2.45, 2.75) is 25.2 Å². The summed E-state index contributed by atoms with van der Waals surface area (Å²) in [7, 11) is 0. The van der Waals surface area contributed by atoms with Gasteiger partial charge < -0.3 is 19.4 Å². The summed E-state index contributed by atoms with van der Waals surface area (Å²) in [6, 6.07) is 9.15. The Morgan fingerprint density at radius 1 is 1.29 bits per heavy atom. The molecule has 1 aliphatic heterocycles. The van der Waals surface area contributed by atoms with Gasteiger partial charge in [0.15, 0.2) is 5.78 Å². The summed E-state index contributed by atoms with van der Waals surface area (Å²) in [4.78, 5) is 12.4. The van der Waals surface area contributed by atoms with Crippen LogP contribution in [-0.4, -0.2) is 34.8 Å². The molecule has 1 aromatic heterocycles. The number of aryl methyl sites for hydroxylation is 1. The zero-order valence-electron chi connectivity index (χ0n) is 13.0. The molecule has 0 amide bonds. The normalized spacial score (nSPS) is 23.9. The maximum atomic E-state index is 12.4. The number of benzene rings is 1. The molecule has 126 valence electrons. The van der Waals surface area contributed by atoms with Crippen LogP contribution in [0.3, 0.4) is 0 Å². The van der Waals surface area contributed by atoms with E-state index in [9.17, 15) is 15.0 Å². The third-order valence-corrected chi connectivity index (χ3v) is 4.46. The largest absolute Gasteiger partial charge is 0.463 e. The van der Waals surface area contributed by atoms with Gasteiger partial charge in [-0.2, -0.15) is 0 Å². The van der Waals surface area contributed by atoms with Crippen LogP contribution in [0.25, 0.3) is 6.08 Å². The average molecular weight is 393 g/mol. The summed E-state index contributed by atoms with van der Waals surface area (Å²) in [5.74, 6) is 0.600. The van der Waals surface area contributed by atoms with Crippen LogP contribution in [0.2, 0.25) is 0 Å². The number of rotatable bonds is 4. The Kier molecular flexibility index (Phi) is 5.01. The first kappa shape index (κ1) is 17.1. The molecule has 1 saturated heterocycles. The zero-order valence-corrected chi connectivity index (χ0v) is 14.6. The number of hydrogen-bond donors (Lipinski definition) is 2. The minimum atomic E-state index is -1.06. The summed E-state index contributed by atoms with van der Waals surface area (Å²) in [5.41, 5.74) is 1.32. The molecule has 0 aliphatic carbocycles. The van der Waals surface area contributed by atoms with Crippen LogP contribution in [-0.2, 0) is 4.74 Å². The standard InChI is InChI=1S/C18H17BrO5/c1-10-13(8-16(24-10)18-17(22)15(21)9-23-18)14(20)7-4-11-2-5-12(19)6-3-11/h2-8,15,17-18,21-22H,9H2,1H3/b7-4+/t15-,17-,18+/m1/s1. The fourth-order valence-corrected chi connectivity index (χ4v) is 2.84. The first-order valence-corrected chi connectivity index (χ1v) is 8.31. The number of halogens is 1. The molecule has 6 heteroatoms. The van der Waals surface area contributed by atoms with Gasteiger partial charge in [0, 0.05) is 4.47 Å². The van der Waals surface area contributed by atoms with E-state index < -0.39 is 18.3 Å². The van der Waals surface area contributed by atoms with Gasteiger partial charge in [-0.05, 0) is 36.8 Å². The lowest BCUT2D eigenvalue weighted by atomic mass is 10.1. The second-order valence-electron chi connectivity index (χ2n) is 5.68. The van der Waals surface area contributed by atoms with Crippen LogP contribution < -0.4 is 0 Å². The van der Waals surface area contributed by atoms with Crippen molar-refractivity contribution in [2.75, 3.05) is 6.61 Å². The van der Waals surface area contributed by atoms with Crippen molar-refractivity contribution in [3.05, 3.63) is 63.5 Å². The van der Waals surface area contributed by atoms with E-state index in [1.807, 2.05) is 24.3 Å². The van der Waals surface area contributed by atoms with Crippen molar-refractivity contribution >= 4 is 27.8 Å². The van der Waals surface area contributed by atoms with Crippen LogP contribution in [0.4, 0.5) is 0 Å². The molecular formula is C18H17BrO5. The molecular weight excluding hydrogens is 376 g/mol. The van der Waals surface area contributed by atoms with Crippen LogP contribution in [0.15, 0.2) is 45.3 Å². The van der Waals surface area contributed by atoms with Crippen molar-refractivity contribution in [3.63, 3.8) is 0 Å². The first-order valence-electron chi connectivity index (χ1n) is 7.52. The number of carbonyl (C=O) groups excluding carboxylic acids is 1. The molecule has 1 aliphatic rings. The summed E-state index contributed by atoms with van der Waals surface area (Å²) in [5, 5.41) is 19.4. The summed E-state index contributed by atoms with van der Waals surface area (Å²) in [6.45, 7) is 1.72. The monoisotopic (exact) mass is 392 g/mol. The Bertz CT molecular complexity index is 762. The second-order valence-corrected chi connectivity index (χ2v) is 6.60. The van der Waals surface area contributed by atoms with Gasteiger partial charge in [-0.3, -0.25) is 4.79 Å². The van der Waals surface area contributed by atoms with E-state index in [4.69, 9.17) is 9.15 Å². The Balaban J connectivity index is 1.77. The number of carbonyl (C=O) groups is 1. The molecule has 3 atom stereocenters. The van der Waals surface area contributed by atoms with E-state index in [2.05, 4.69) is 15.9 Å². The fourth-order valence-electron chi connectivity index (χ4n) is 2.58. The van der Waals surface area contributed by atoms with E-state index in [1.165, 1.54) is 6.08 Å². The van der Waals surface area contributed by atoms with Crippen molar-refractivity contribution in [1.29, 1.82) is 0 Å². The number of ether oxygens (including phenoxy) is 1. The predicted octanol–water partition coefficient (Wildman–Crippen LogP) is 3.04. The molecule has 2 aromatic rings. The molecule has 2 heterocycles. The topological polar surface area (TPSA) is 79.9 Å². The Labute approximate surface area is 147 Å². The van der Waals surface area contributed by atoms with Crippen LogP contribution >= 0.6 is 15.9 Å². The smallest absolute Gasteiger partial charge is 0.189 e. The minimum Gasteiger partial charge on any atom is -0.463 e. The minimum absolute atomic E-state index is 0.0400. The van der Waals surface area contributed by atoms with Gasteiger partial charge in [0.2, 0.25) is 0 Å². The summed E-state index contributed by atoms with van der Waals surface area (Å²) >= 11 is 3.36. The van der Waals surface area contributed by atoms with Gasteiger partial charge in [0.05, 0.1) is 12.2 Å². The Morgan fingerprint density at radius 2 is 2.00 bits per heavy atom. The highest BCUT2D eigenvalue weighted by atomic mass is 79.9. The van der Waals surface area contributed by atoms with Crippen LogP contribution in [0.1, 0.15) is 33.5 Å². The lowest BCUT2D eigenvalue weighted by Gasteiger charge is -2.11. The number of hydrogen-bond acceptors (Lipinski definition) is 5. The molecule has 1 aromatic carbocycles. The predicted molar refractivity (Wildman–Crippen MR) is 91.7 cm³/mol. The highest BCUT2D eigenvalue weighted by Gasteiger charge is 2.38. The molecule has 0 saturated carbocycles. The van der Waals surface area contributed by atoms with Gasteiger partial charge in [-0.15, -0.1) is 0 Å². The highest BCUT2D eigenvalue weighted by Crippen LogP contribution is 2.32. The zero-order chi connectivity index (χ0) is 17.3. The molecule has 0 spiro atoms. The Morgan fingerprint density at radius 3 is 2.62 bits per heavy atom. The van der Waals surface area contributed by atoms with Gasteiger partial charge in [-0.1, -0.05) is 34.1 Å². The SMILES string of the molecule is Cc1oc([C@@H]2OC[C@@H](O)[C@H]2O)cc1C(=O)/C=C/c1ccc(Br)cc1. The van der Waals surface area contributed by atoms with Gasteiger partial charge in [0.25, 0.3) is 0 Å². The first-order chi connectivity index (χ1) is 11.5. The van der Waals surface area contributed by atoms with Gasteiger partial charge >= 0.3 is 0 Å². The number of furan rings is 1. The molecule has 1 fully saturated rings. The maximum Gasteiger partial charge on any atom is 0.189 e. The van der Waals surface area contributed by atoms with E-state index in [0.717, 1.165) is 10.0 Å². The Hall–Kier alpha value is -1.73. The molecule has 0 unspecified atom stereocenters. The van der Waals surface area contributed by atoms with Gasteiger partial charge in [0.1, 0.15) is 29.8 Å². The number of ketones is 1. The van der Waals surface area contributed by atoms with E-state index in [1.54, 1.807) is 19.1 Å². The highest BCUT2D eigenvalue weighted by molar-refractivity contribution is 9.10. The van der Waals surface area contributed by atoms with Crippen molar-refractivity contribution < 1.29 is 24.2 Å². The number of allylic oxidation sites excluding steroid dienone is 1. The van der Waals surface area contributed by atoms with E-state index >= 15 is 0 Å². The third kappa shape index (κ3) is 3.52. The van der Waals surface area contributed by atoms with Gasteiger partial charge in [-0.25, -0.2) is 0 Å². The molecule has 5 nitrogen and oxygen atoms in total. The lowest BCUT2D eigenvalue weighted by Crippen LogP contribution is -2.24. The fraction of sp³-hybridized carbons (Fsp3) is 0.278. The van der Waals surface area contributed by atoms with E-state index in [0.29, 0.717) is 17.1 Å². The summed E-state index contributed by atoms with van der Waals surface area (Å²) in [6.07, 6.45) is 0.446. The van der Waals surface area contributed by atoms with Crippen molar-refractivity contribution in [2.24, 2.45) is 0 Å². The molecule has 2 N–H and O–H groups in total. The van der Waals surface area contributed by atoms with Crippen molar-refractivity contribution in [3.8, 4) is 0 Å². The lowest BCUT2D eigenvalue weighted by molar-refractivity contribution is 0.0117. The maximum absolute atomic E-state index is 12.4. The molecule has 24 heavy (non-hydrogen) atoms.